The fraction of sp³-hybridized carbons (Fsp3) is 0. The zero-order chi connectivity index (χ0) is 17.3. The van der Waals surface area contributed by atoms with E-state index in [1.165, 1.54) is 6.07 Å². The molecule has 0 unspecified atom stereocenters. The van der Waals surface area contributed by atoms with Crippen molar-refractivity contribution in [1.29, 1.82) is 0 Å². The average Bonchev–Trinajstić information content (AvgIpc) is 3.19. The number of benzene rings is 1. The van der Waals surface area contributed by atoms with E-state index in [1.54, 1.807) is 12.1 Å². The topological polar surface area (TPSA) is 124 Å². The number of rotatable bonds is 4. The van der Waals surface area contributed by atoms with Gasteiger partial charge in [0.1, 0.15) is 4.92 Å². The van der Waals surface area contributed by atoms with Crippen molar-refractivity contribution in [3.8, 4) is 11.5 Å². The first-order chi connectivity index (χ1) is 11.4. The number of amides is 1. The van der Waals surface area contributed by atoms with Crippen LogP contribution in [0.5, 0.6) is 0 Å². The molecule has 0 radical (unpaired) electrons. The molecule has 0 saturated carbocycles. The normalized spacial score (nSPS) is 10.6. The quantitative estimate of drug-likeness (QED) is 0.548. The SMILES string of the molecule is O=C(Nc1nnc(-c2cc(Cl)ccc2Cl)o1)c1ccc([N+](=O)[O-])o1. The summed E-state index contributed by atoms with van der Waals surface area (Å²) >= 11 is 11.9. The maximum absolute atomic E-state index is 11.9. The van der Waals surface area contributed by atoms with E-state index in [1.807, 2.05) is 0 Å². The molecule has 0 fully saturated rings. The summed E-state index contributed by atoms with van der Waals surface area (Å²) in [6, 6.07) is 6.65. The molecule has 2 heterocycles. The second-order valence-corrected chi connectivity index (χ2v) is 5.23. The number of anilines is 1. The standard InChI is InChI=1S/C13H6Cl2N4O5/c14-6-1-2-8(15)7(5-6)12-17-18-13(24-12)16-11(20)9-3-4-10(23-9)19(21)22/h1-5H,(H,16,18,20). The highest BCUT2D eigenvalue weighted by atomic mass is 35.5. The third-order valence-electron chi connectivity index (χ3n) is 2.80. The van der Waals surface area contributed by atoms with Gasteiger partial charge in [-0.25, -0.2) is 0 Å². The molecule has 0 spiro atoms. The molecule has 122 valence electrons. The number of nitro groups is 1. The van der Waals surface area contributed by atoms with Crippen LogP contribution in [0, 0.1) is 10.1 Å². The van der Waals surface area contributed by atoms with Crippen LogP contribution in [0.25, 0.3) is 11.5 Å². The average molecular weight is 369 g/mol. The number of nitrogens with one attached hydrogen (secondary N) is 1. The number of hydrogen-bond acceptors (Lipinski definition) is 7. The molecule has 11 heteroatoms. The van der Waals surface area contributed by atoms with Crippen molar-refractivity contribution >= 4 is 41.0 Å². The van der Waals surface area contributed by atoms with Crippen LogP contribution >= 0.6 is 23.2 Å². The summed E-state index contributed by atoms with van der Waals surface area (Å²) in [6.45, 7) is 0. The van der Waals surface area contributed by atoms with E-state index in [2.05, 4.69) is 15.5 Å². The fourth-order valence-electron chi connectivity index (χ4n) is 1.75. The van der Waals surface area contributed by atoms with Gasteiger partial charge in [-0.2, -0.15) is 0 Å². The molecule has 3 rings (SSSR count). The van der Waals surface area contributed by atoms with Crippen LogP contribution in [0.2, 0.25) is 10.0 Å². The molecule has 0 atom stereocenters. The van der Waals surface area contributed by atoms with Gasteiger partial charge >= 0.3 is 11.9 Å². The zero-order valence-corrected chi connectivity index (χ0v) is 13.0. The highest BCUT2D eigenvalue weighted by Gasteiger charge is 2.20. The molecule has 0 aliphatic rings. The highest BCUT2D eigenvalue weighted by molar-refractivity contribution is 6.35. The predicted octanol–water partition coefficient (Wildman–Crippen LogP) is 3.80. The van der Waals surface area contributed by atoms with Crippen molar-refractivity contribution in [2.75, 3.05) is 5.32 Å². The molecule has 2 aromatic heterocycles. The summed E-state index contributed by atoms with van der Waals surface area (Å²) < 4.78 is 10.0. The lowest BCUT2D eigenvalue weighted by Gasteiger charge is -1.99. The summed E-state index contributed by atoms with van der Waals surface area (Å²) in [7, 11) is 0. The molecule has 1 amide bonds. The van der Waals surface area contributed by atoms with Crippen LogP contribution in [0.3, 0.4) is 0 Å². The maximum Gasteiger partial charge on any atom is 0.433 e. The first-order valence-electron chi connectivity index (χ1n) is 6.28. The molecule has 24 heavy (non-hydrogen) atoms. The van der Waals surface area contributed by atoms with E-state index in [0.717, 1.165) is 12.1 Å². The molecule has 0 saturated heterocycles. The minimum atomic E-state index is -0.782. The Morgan fingerprint density at radius 3 is 2.67 bits per heavy atom. The minimum Gasteiger partial charge on any atom is -0.403 e. The highest BCUT2D eigenvalue weighted by Crippen LogP contribution is 2.30. The number of nitrogens with zero attached hydrogens (tertiary/aromatic N) is 3. The lowest BCUT2D eigenvalue weighted by Crippen LogP contribution is -2.11. The minimum absolute atomic E-state index is 0.0447. The van der Waals surface area contributed by atoms with Crippen molar-refractivity contribution in [1.82, 2.24) is 10.2 Å². The predicted molar refractivity (Wildman–Crippen MR) is 83.1 cm³/mol. The lowest BCUT2D eigenvalue weighted by molar-refractivity contribution is -0.402. The molecule has 0 aliphatic carbocycles. The van der Waals surface area contributed by atoms with E-state index in [9.17, 15) is 14.9 Å². The second-order valence-electron chi connectivity index (χ2n) is 4.39. The molecule has 1 N–H and O–H groups in total. The lowest BCUT2D eigenvalue weighted by atomic mass is 10.2. The molecular formula is C13H6Cl2N4O5. The van der Waals surface area contributed by atoms with Gasteiger partial charge in [-0.3, -0.25) is 20.2 Å². The third kappa shape index (κ3) is 3.21. The summed E-state index contributed by atoms with van der Waals surface area (Å²) in [5.74, 6) is -1.57. The number of carbonyl (C=O) groups excluding carboxylic acids is 1. The van der Waals surface area contributed by atoms with Gasteiger partial charge in [-0.1, -0.05) is 28.3 Å². The molecule has 3 aromatic rings. The summed E-state index contributed by atoms with van der Waals surface area (Å²) in [5, 5.41) is 20.9. The first kappa shape index (κ1) is 16.0. The zero-order valence-electron chi connectivity index (χ0n) is 11.5. The van der Waals surface area contributed by atoms with Gasteiger partial charge < -0.3 is 8.83 Å². The van der Waals surface area contributed by atoms with E-state index in [4.69, 9.17) is 32.0 Å². The Morgan fingerprint density at radius 2 is 1.96 bits per heavy atom. The Kier molecular flexibility index (Phi) is 4.19. The third-order valence-corrected chi connectivity index (χ3v) is 3.36. The van der Waals surface area contributed by atoms with Crippen molar-refractivity contribution in [3.05, 3.63) is 56.3 Å². The van der Waals surface area contributed by atoms with E-state index in [-0.39, 0.29) is 17.7 Å². The molecule has 0 bridgehead atoms. The van der Waals surface area contributed by atoms with E-state index in [0.29, 0.717) is 15.6 Å². The Bertz CT molecular complexity index is 936. The summed E-state index contributed by atoms with van der Waals surface area (Å²) in [6.07, 6.45) is 0. The van der Waals surface area contributed by atoms with Gasteiger partial charge in [0.15, 0.2) is 5.76 Å². The maximum atomic E-state index is 11.9. The van der Waals surface area contributed by atoms with E-state index >= 15 is 0 Å². The van der Waals surface area contributed by atoms with Gasteiger partial charge in [0, 0.05) is 5.02 Å². The fourth-order valence-corrected chi connectivity index (χ4v) is 2.12. The van der Waals surface area contributed by atoms with Gasteiger partial charge in [-0.05, 0) is 24.3 Å². The van der Waals surface area contributed by atoms with Gasteiger partial charge in [0.25, 0.3) is 11.8 Å². The Hall–Kier alpha value is -2.91. The smallest absolute Gasteiger partial charge is 0.403 e. The number of halogens is 2. The number of hydrogen-bond donors (Lipinski definition) is 1. The Morgan fingerprint density at radius 1 is 1.17 bits per heavy atom. The largest absolute Gasteiger partial charge is 0.433 e. The molecular weight excluding hydrogens is 363 g/mol. The monoisotopic (exact) mass is 368 g/mol. The molecule has 0 aliphatic heterocycles. The van der Waals surface area contributed by atoms with Crippen LogP contribution < -0.4 is 5.32 Å². The van der Waals surface area contributed by atoms with Crippen LogP contribution in [-0.4, -0.2) is 21.0 Å². The van der Waals surface area contributed by atoms with Crippen LogP contribution in [0.1, 0.15) is 10.6 Å². The molecule has 9 nitrogen and oxygen atoms in total. The van der Waals surface area contributed by atoms with Crippen molar-refractivity contribution in [2.45, 2.75) is 0 Å². The van der Waals surface area contributed by atoms with Crippen molar-refractivity contribution < 1.29 is 18.6 Å². The van der Waals surface area contributed by atoms with Gasteiger partial charge in [0.05, 0.1) is 16.7 Å². The number of furan rings is 1. The molecule has 1 aromatic carbocycles. The van der Waals surface area contributed by atoms with Crippen LogP contribution in [-0.2, 0) is 0 Å². The van der Waals surface area contributed by atoms with Crippen molar-refractivity contribution in [3.63, 3.8) is 0 Å². The summed E-state index contributed by atoms with van der Waals surface area (Å²) in [4.78, 5) is 21.7. The van der Waals surface area contributed by atoms with E-state index < -0.39 is 16.7 Å². The Balaban J connectivity index is 1.79. The van der Waals surface area contributed by atoms with Crippen molar-refractivity contribution in [2.24, 2.45) is 0 Å². The van der Waals surface area contributed by atoms with Gasteiger partial charge in [-0.15, -0.1) is 5.10 Å². The summed E-state index contributed by atoms with van der Waals surface area (Å²) in [5.41, 5.74) is 0.394. The van der Waals surface area contributed by atoms with Crippen LogP contribution in [0.15, 0.2) is 39.2 Å². The van der Waals surface area contributed by atoms with Gasteiger partial charge in [0.2, 0.25) is 0 Å². The second kappa shape index (κ2) is 6.30. The van der Waals surface area contributed by atoms with Crippen LogP contribution in [0.4, 0.5) is 11.9 Å². The Labute approximate surface area is 143 Å². The first-order valence-corrected chi connectivity index (χ1v) is 7.04. The number of aromatic nitrogens is 2. The number of carbonyl (C=O) groups is 1.